The van der Waals surface area contributed by atoms with Gasteiger partial charge in [-0.3, -0.25) is 20.2 Å². The van der Waals surface area contributed by atoms with Crippen molar-refractivity contribution in [2.75, 3.05) is 36.8 Å². The third-order valence-electron chi connectivity index (χ3n) is 10.1. The number of piperidine rings is 2. The minimum absolute atomic E-state index is 0.244. The van der Waals surface area contributed by atoms with E-state index in [1.54, 1.807) is 15.9 Å². The number of halogens is 5. The van der Waals surface area contributed by atoms with Crippen molar-refractivity contribution in [2.24, 2.45) is 25.9 Å². The fourth-order valence-corrected chi connectivity index (χ4v) is 6.87. The van der Waals surface area contributed by atoms with E-state index < -0.39 is 23.4 Å². The third kappa shape index (κ3) is 11.9. The van der Waals surface area contributed by atoms with Gasteiger partial charge in [-0.2, -0.15) is 23.4 Å². The van der Waals surface area contributed by atoms with Gasteiger partial charge in [-0.05, 0) is 105 Å². The average Bonchev–Trinajstić information content (AvgIpc) is 3.16. The van der Waals surface area contributed by atoms with Crippen molar-refractivity contribution in [3.8, 4) is 0 Å². The number of hydrogen-bond acceptors (Lipinski definition) is 6. The van der Waals surface area contributed by atoms with Gasteiger partial charge in [0.1, 0.15) is 11.6 Å². The predicted molar refractivity (Wildman–Crippen MR) is 200 cm³/mol. The van der Waals surface area contributed by atoms with Crippen LogP contribution in [0, 0.1) is 23.5 Å². The van der Waals surface area contributed by atoms with E-state index in [-0.39, 0.29) is 29.1 Å². The minimum atomic E-state index is -4.34. The second kappa shape index (κ2) is 18.8. The minimum Gasteiger partial charge on any atom is -0.324 e. The first-order valence-corrected chi connectivity index (χ1v) is 18.4. The van der Waals surface area contributed by atoms with E-state index in [9.17, 15) is 41.1 Å². The molecule has 0 bridgehead atoms. The summed E-state index contributed by atoms with van der Waals surface area (Å²) in [6.45, 7) is 2.28. The first-order valence-electron chi connectivity index (χ1n) is 18.4. The van der Waals surface area contributed by atoms with Crippen molar-refractivity contribution in [1.82, 2.24) is 29.4 Å². The Morgan fingerprint density at radius 3 is 1.57 bits per heavy atom. The zero-order valence-electron chi connectivity index (χ0n) is 31.2. The van der Waals surface area contributed by atoms with Crippen LogP contribution in [0.2, 0.25) is 0 Å². The van der Waals surface area contributed by atoms with E-state index in [0.29, 0.717) is 74.1 Å². The van der Waals surface area contributed by atoms with Crippen LogP contribution in [-0.4, -0.2) is 67.6 Å². The Morgan fingerprint density at radius 1 is 0.679 bits per heavy atom. The molecule has 2 fully saturated rings. The smallest absolute Gasteiger partial charge is 0.324 e. The lowest BCUT2D eigenvalue weighted by Gasteiger charge is -2.32. The molecule has 2 aliphatic heterocycles. The number of alkyl halides is 3. The summed E-state index contributed by atoms with van der Waals surface area (Å²) in [7, 11) is 3.02. The van der Waals surface area contributed by atoms with Crippen molar-refractivity contribution >= 4 is 23.7 Å². The number of benzene rings is 2. The summed E-state index contributed by atoms with van der Waals surface area (Å²) in [6, 6.07) is 14.4. The fourth-order valence-electron chi connectivity index (χ4n) is 6.87. The Balaban J connectivity index is 0.000000215. The van der Waals surface area contributed by atoms with Gasteiger partial charge in [0.2, 0.25) is 0 Å². The molecule has 2 aromatic carbocycles. The molecule has 4 amide bonds. The Morgan fingerprint density at radius 2 is 1.12 bits per heavy atom. The largest absolute Gasteiger partial charge is 0.416 e. The molecule has 2 saturated heterocycles. The SMILES string of the molecule is Cn1nc(NC(=O)N2CCC(CCc3cc(F)cc(F)c3)CC2)ccc1=O.Cn1nc(NC(=O)N2CCC(CCc3ccccc3C(F)(F)F)CC2)ccc1=O. The number of amides is 4. The van der Waals surface area contributed by atoms with Crippen LogP contribution in [0.15, 0.2) is 76.3 Å². The lowest BCUT2D eigenvalue weighted by molar-refractivity contribution is -0.138. The van der Waals surface area contributed by atoms with Crippen LogP contribution >= 0.6 is 0 Å². The average molecular weight is 785 g/mol. The summed E-state index contributed by atoms with van der Waals surface area (Å²) in [6.07, 6.45) is 1.29. The second-order valence-corrected chi connectivity index (χ2v) is 14.1. The first kappa shape index (κ1) is 41.6. The third-order valence-corrected chi connectivity index (χ3v) is 10.1. The van der Waals surface area contributed by atoms with Crippen LogP contribution in [0.1, 0.15) is 55.2 Å². The fraction of sp³-hybridized carbons (Fsp3) is 0.436. The highest BCUT2D eigenvalue weighted by Crippen LogP contribution is 2.33. The maximum Gasteiger partial charge on any atom is 0.416 e. The number of nitrogens with one attached hydrogen (secondary N) is 2. The van der Waals surface area contributed by atoms with Gasteiger partial charge in [0.05, 0.1) is 5.56 Å². The standard InChI is InChI=1S/C20H23F3N4O2.C19H22F2N4O2/c1-26-18(28)9-8-17(25-26)24-19(29)27-12-10-14(11-13-27)6-7-15-4-2-3-5-16(15)20(21,22)23;1-24-18(26)5-4-17(23-24)22-19(27)25-8-6-13(7-9-25)2-3-14-10-15(20)12-16(21)11-14/h2-5,8-9,14H,6-7,10-13H2,1H3,(H,24,25,29);4-5,10-13H,2-3,6-9H2,1H3,(H,22,23,27). The van der Waals surface area contributed by atoms with E-state index >= 15 is 0 Å². The highest BCUT2D eigenvalue weighted by atomic mass is 19.4. The molecule has 4 aromatic rings. The molecular weight excluding hydrogens is 739 g/mol. The maximum atomic E-state index is 13.2. The number of aromatic nitrogens is 4. The van der Waals surface area contributed by atoms with Gasteiger partial charge in [-0.1, -0.05) is 18.2 Å². The first-order chi connectivity index (χ1) is 26.6. The summed E-state index contributed by atoms with van der Waals surface area (Å²) < 4.78 is 68.1. The summed E-state index contributed by atoms with van der Waals surface area (Å²) >= 11 is 0. The molecular formula is C39H45F5N8O4. The molecule has 2 N–H and O–H groups in total. The molecule has 0 atom stereocenters. The van der Waals surface area contributed by atoms with Crippen molar-refractivity contribution < 1.29 is 31.5 Å². The highest BCUT2D eigenvalue weighted by molar-refractivity contribution is 5.88. The summed E-state index contributed by atoms with van der Waals surface area (Å²) in [5.41, 5.74) is -0.0983. The summed E-state index contributed by atoms with van der Waals surface area (Å²) in [5.74, 6) is 0.208. The Bertz CT molecular complexity index is 2070. The molecule has 2 aromatic heterocycles. The highest BCUT2D eigenvalue weighted by Gasteiger charge is 2.33. The molecule has 6 rings (SSSR count). The predicted octanol–water partition coefficient (Wildman–Crippen LogP) is 6.61. The van der Waals surface area contributed by atoms with Gasteiger partial charge >= 0.3 is 18.2 Å². The number of carbonyl (C=O) groups is 2. The topological polar surface area (TPSA) is 134 Å². The van der Waals surface area contributed by atoms with E-state index in [1.807, 2.05) is 0 Å². The van der Waals surface area contributed by atoms with E-state index in [1.165, 1.54) is 62.6 Å². The molecule has 300 valence electrons. The van der Waals surface area contributed by atoms with Crippen molar-refractivity contribution in [2.45, 2.75) is 57.5 Å². The normalized spacial score (nSPS) is 15.2. The van der Waals surface area contributed by atoms with Crippen molar-refractivity contribution in [1.29, 1.82) is 0 Å². The van der Waals surface area contributed by atoms with E-state index in [0.717, 1.165) is 53.6 Å². The summed E-state index contributed by atoms with van der Waals surface area (Å²) in [4.78, 5) is 50.8. The zero-order valence-corrected chi connectivity index (χ0v) is 31.2. The lowest BCUT2D eigenvalue weighted by atomic mass is 9.89. The van der Waals surface area contributed by atoms with Crippen LogP contribution < -0.4 is 21.8 Å². The van der Waals surface area contributed by atoms with E-state index in [4.69, 9.17) is 0 Å². The molecule has 4 heterocycles. The number of rotatable bonds is 8. The molecule has 17 heteroatoms. The second-order valence-electron chi connectivity index (χ2n) is 14.1. The molecule has 0 unspecified atom stereocenters. The summed E-state index contributed by atoms with van der Waals surface area (Å²) in [5, 5.41) is 13.3. The number of aryl methyl sites for hydroxylation is 4. The number of likely N-dealkylation sites (tertiary alicyclic amines) is 2. The molecule has 12 nitrogen and oxygen atoms in total. The van der Waals surface area contributed by atoms with Gasteiger partial charge in [0.15, 0.2) is 11.6 Å². The Kier molecular flexibility index (Phi) is 14.0. The molecule has 0 aliphatic carbocycles. The number of anilines is 2. The maximum absolute atomic E-state index is 13.2. The van der Waals surface area contributed by atoms with Crippen LogP contribution in [0.4, 0.5) is 43.2 Å². The van der Waals surface area contributed by atoms with Crippen LogP contribution in [0.5, 0.6) is 0 Å². The number of carbonyl (C=O) groups excluding carboxylic acids is 2. The van der Waals surface area contributed by atoms with Gasteiger partial charge in [0.25, 0.3) is 11.1 Å². The molecule has 56 heavy (non-hydrogen) atoms. The molecule has 0 radical (unpaired) electrons. The van der Waals surface area contributed by atoms with Gasteiger partial charge < -0.3 is 9.80 Å². The van der Waals surface area contributed by atoms with Gasteiger partial charge in [-0.15, -0.1) is 0 Å². The van der Waals surface area contributed by atoms with Gasteiger partial charge in [0, 0.05) is 58.5 Å². The molecule has 0 spiro atoms. The number of hydrogen-bond donors (Lipinski definition) is 2. The Hall–Kier alpha value is -5.61. The number of urea groups is 2. The number of nitrogens with zero attached hydrogens (tertiary/aromatic N) is 6. The van der Waals surface area contributed by atoms with Crippen molar-refractivity contribution in [3.05, 3.63) is 116 Å². The van der Waals surface area contributed by atoms with Gasteiger partial charge in [-0.25, -0.2) is 27.7 Å². The Labute approximate surface area is 320 Å². The molecule has 2 aliphatic rings. The zero-order chi connectivity index (χ0) is 40.4. The van der Waals surface area contributed by atoms with Crippen LogP contribution in [0.3, 0.4) is 0 Å². The quantitative estimate of drug-likeness (QED) is 0.193. The monoisotopic (exact) mass is 784 g/mol. The van der Waals surface area contributed by atoms with Crippen LogP contribution in [-0.2, 0) is 33.1 Å². The lowest BCUT2D eigenvalue weighted by Crippen LogP contribution is -2.41. The van der Waals surface area contributed by atoms with Crippen molar-refractivity contribution in [3.63, 3.8) is 0 Å². The molecule has 0 saturated carbocycles. The van der Waals surface area contributed by atoms with Crippen LogP contribution in [0.25, 0.3) is 0 Å². The van der Waals surface area contributed by atoms with E-state index in [2.05, 4.69) is 20.8 Å².